The number of carbonyl (C=O) groups is 1. The number of benzene rings is 1. The molecular formula is C15H24ClFN2O. The smallest absolute Gasteiger partial charge is 0.221 e. The van der Waals surface area contributed by atoms with Crippen LogP contribution in [0.3, 0.4) is 0 Å². The molecule has 1 amide bonds. The van der Waals surface area contributed by atoms with Gasteiger partial charge in [-0.1, -0.05) is 32.9 Å². The molecule has 0 saturated carbocycles. The predicted octanol–water partition coefficient (Wildman–Crippen LogP) is 3.19. The van der Waals surface area contributed by atoms with Gasteiger partial charge in [-0.05, 0) is 29.5 Å². The Morgan fingerprint density at radius 2 is 1.85 bits per heavy atom. The fourth-order valence-corrected chi connectivity index (χ4v) is 1.96. The Kier molecular flexibility index (Phi) is 7.76. The molecule has 0 radical (unpaired) electrons. The van der Waals surface area contributed by atoms with Gasteiger partial charge in [0.2, 0.25) is 5.91 Å². The Bertz CT molecular complexity index is 415. The minimum Gasteiger partial charge on any atom is -0.349 e. The molecule has 0 bridgehead atoms. The first-order chi connectivity index (χ1) is 8.81. The van der Waals surface area contributed by atoms with Gasteiger partial charge in [0.15, 0.2) is 0 Å². The van der Waals surface area contributed by atoms with Crippen molar-refractivity contribution < 1.29 is 9.18 Å². The largest absolute Gasteiger partial charge is 0.349 e. The van der Waals surface area contributed by atoms with E-state index < -0.39 is 0 Å². The summed E-state index contributed by atoms with van der Waals surface area (Å²) in [7, 11) is 0. The van der Waals surface area contributed by atoms with Crippen molar-refractivity contribution in [3.8, 4) is 0 Å². The normalized spacial score (nSPS) is 12.4. The van der Waals surface area contributed by atoms with Crippen molar-refractivity contribution in [2.75, 3.05) is 6.54 Å². The number of hydrogen-bond acceptors (Lipinski definition) is 2. The zero-order valence-electron chi connectivity index (χ0n) is 12.3. The van der Waals surface area contributed by atoms with Gasteiger partial charge in [0, 0.05) is 13.0 Å². The second-order valence-electron chi connectivity index (χ2n) is 5.98. The summed E-state index contributed by atoms with van der Waals surface area (Å²) in [6.45, 7) is 6.66. The molecule has 114 valence electrons. The van der Waals surface area contributed by atoms with Gasteiger partial charge in [-0.25, -0.2) is 4.39 Å². The van der Waals surface area contributed by atoms with Crippen molar-refractivity contribution in [1.29, 1.82) is 0 Å². The Hall–Kier alpha value is -1.13. The van der Waals surface area contributed by atoms with Crippen LogP contribution >= 0.6 is 12.4 Å². The zero-order valence-corrected chi connectivity index (χ0v) is 13.1. The van der Waals surface area contributed by atoms with Crippen LogP contribution in [0.1, 0.15) is 45.2 Å². The number of nitrogens with two attached hydrogens (primary N) is 1. The van der Waals surface area contributed by atoms with E-state index in [4.69, 9.17) is 5.73 Å². The standard InChI is InChI=1S/C15H23FN2O.ClH/c1-15(2,3)10-13(18-14(19)8-9-17)11-4-6-12(16)7-5-11;/h4-7,13H,8-10,17H2,1-3H3,(H,18,19);1H. The molecule has 0 fully saturated rings. The molecule has 0 saturated heterocycles. The number of hydrogen-bond donors (Lipinski definition) is 2. The lowest BCUT2D eigenvalue weighted by molar-refractivity contribution is -0.121. The maximum Gasteiger partial charge on any atom is 0.221 e. The Labute approximate surface area is 126 Å². The van der Waals surface area contributed by atoms with E-state index in [0.717, 1.165) is 12.0 Å². The topological polar surface area (TPSA) is 55.1 Å². The van der Waals surface area contributed by atoms with Gasteiger partial charge >= 0.3 is 0 Å². The van der Waals surface area contributed by atoms with Gasteiger partial charge in [0.1, 0.15) is 5.82 Å². The van der Waals surface area contributed by atoms with Crippen molar-refractivity contribution in [2.24, 2.45) is 11.1 Å². The van der Waals surface area contributed by atoms with Crippen molar-refractivity contribution in [3.05, 3.63) is 35.6 Å². The molecule has 5 heteroatoms. The lowest BCUT2D eigenvalue weighted by Gasteiger charge is -2.27. The molecule has 0 aliphatic rings. The number of carbonyl (C=O) groups excluding carboxylic acids is 1. The molecule has 1 unspecified atom stereocenters. The molecule has 3 N–H and O–H groups in total. The Balaban J connectivity index is 0.00000361. The van der Waals surface area contributed by atoms with E-state index in [-0.39, 0.29) is 35.6 Å². The van der Waals surface area contributed by atoms with Crippen molar-refractivity contribution in [3.63, 3.8) is 0 Å². The van der Waals surface area contributed by atoms with Crippen LogP contribution in [-0.2, 0) is 4.79 Å². The van der Waals surface area contributed by atoms with E-state index in [9.17, 15) is 9.18 Å². The zero-order chi connectivity index (χ0) is 14.5. The molecule has 0 heterocycles. The monoisotopic (exact) mass is 302 g/mol. The highest BCUT2D eigenvalue weighted by Gasteiger charge is 2.21. The number of nitrogens with one attached hydrogen (secondary N) is 1. The van der Waals surface area contributed by atoms with Crippen molar-refractivity contribution in [1.82, 2.24) is 5.32 Å². The summed E-state index contributed by atoms with van der Waals surface area (Å²) >= 11 is 0. The molecule has 1 rings (SSSR count). The number of amides is 1. The van der Waals surface area contributed by atoms with Gasteiger partial charge in [-0.3, -0.25) is 4.79 Å². The number of rotatable bonds is 5. The Morgan fingerprint density at radius 3 is 2.30 bits per heavy atom. The molecule has 1 atom stereocenters. The maximum atomic E-state index is 13.0. The highest BCUT2D eigenvalue weighted by atomic mass is 35.5. The quantitative estimate of drug-likeness (QED) is 0.877. The highest BCUT2D eigenvalue weighted by molar-refractivity contribution is 5.85. The summed E-state index contributed by atoms with van der Waals surface area (Å²) in [5.74, 6) is -0.340. The molecule has 20 heavy (non-hydrogen) atoms. The van der Waals surface area contributed by atoms with E-state index in [2.05, 4.69) is 26.1 Å². The molecule has 0 aromatic heterocycles. The van der Waals surface area contributed by atoms with Crippen LogP contribution in [0, 0.1) is 11.2 Å². The summed E-state index contributed by atoms with van der Waals surface area (Å²) in [4.78, 5) is 11.7. The predicted molar refractivity (Wildman–Crippen MR) is 82.3 cm³/mol. The molecular weight excluding hydrogens is 279 g/mol. The van der Waals surface area contributed by atoms with Crippen LogP contribution in [0.15, 0.2) is 24.3 Å². The van der Waals surface area contributed by atoms with E-state index >= 15 is 0 Å². The first-order valence-electron chi connectivity index (χ1n) is 6.57. The SMILES string of the molecule is CC(C)(C)CC(NC(=O)CCN)c1ccc(F)cc1.Cl. The van der Waals surface area contributed by atoms with Crippen molar-refractivity contribution >= 4 is 18.3 Å². The second kappa shape index (κ2) is 8.22. The minimum atomic E-state index is -0.272. The first-order valence-corrected chi connectivity index (χ1v) is 6.57. The van der Waals surface area contributed by atoms with Gasteiger partial charge in [0.25, 0.3) is 0 Å². The third-order valence-electron chi connectivity index (χ3n) is 2.80. The summed E-state index contributed by atoms with van der Waals surface area (Å²) in [5, 5.41) is 2.97. The fourth-order valence-electron chi connectivity index (χ4n) is 1.96. The molecule has 0 aliphatic carbocycles. The molecule has 1 aromatic rings. The molecule has 0 aliphatic heterocycles. The lowest BCUT2D eigenvalue weighted by atomic mass is 9.85. The fraction of sp³-hybridized carbons (Fsp3) is 0.533. The summed E-state index contributed by atoms with van der Waals surface area (Å²) in [6.07, 6.45) is 1.09. The van der Waals surface area contributed by atoms with E-state index in [1.807, 2.05) is 0 Å². The van der Waals surface area contributed by atoms with Crippen LogP contribution in [-0.4, -0.2) is 12.5 Å². The van der Waals surface area contributed by atoms with E-state index in [1.54, 1.807) is 12.1 Å². The van der Waals surface area contributed by atoms with Gasteiger partial charge in [-0.15, -0.1) is 12.4 Å². The van der Waals surface area contributed by atoms with Gasteiger partial charge < -0.3 is 11.1 Å². The van der Waals surface area contributed by atoms with Crippen LogP contribution in [0.25, 0.3) is 0 Å². The average molecular weight is 303 g/mol. The molecule has 3 nitrogen and oxygen atoms in total. The third kappa shape index (κ3) is 6.87. The maximum absolute atomic E-state index is 13.0. The van der Waals surface area contributed by atoms with Gasteiger partial charge in [0.05, 0.1) is 6.04 Å². The van der Waals surface area contributed by atoms with Crippen molar-refractivity contribution in [2.45, 2.75) is 39.7 Å². The summed E-state index contributed by atoms with van der Waals surface area (Å²) < 4.78 is 13.0. The molecule has 0 spiro atoms. The minimum absolute atomic E-state index is 0. The van der Waals surface area contributed by atoms with E-state index in [1.165, 1.54) is 12.1 Å². The lowest BCUT2D eigenvalue weighted by Crippen LogP contribution is -2.32. The average Bonchev–Trinajstić information content (AvgIpc) is 2.27. The first kappa shape index (κ1) is 18.9. The summed E-state index contributed by atoms with van der Waals surface area (Å²) in [5.41, 5.74) is 6.36. The van der Waals surface area contributed by atoms with Crippen LogP contribution in [0.2, 0.25) is 0 Å². The van der Waals surface area contributed by atoms with Gasteiger partial charge in [-0.2, -0.15) is 0 Å². The van der Waals surface area contributed by atoms with Crippen LogP contribution < -0.4 is 11.1 Å². The highest BCUT2D eigenvalue weighted by Crippen LogP contribution is 2.29. The number of halogens is 2. The van der Waals surface area contributed by atoms with Crippen LogP contribution in [0.4, 0.5) is 4.39 Å². The van der Waals surface area contributed by atoms with Crippen LogP contribution in [0.5, 0.6) is 0 Å². The second-order valence-corrected chi connectivity index (χ2v) is 5.98. The molecule has 1 aromatic carbocycles. The Morgan fingerprint density at radius 1 is 1.30 bits per heavy atom. The van der Waals surface area contributed by atoms with E-state index in [0.29, 0.717) is 13.0 Å². The summed E-state index contributed by atoms with van der Waals surface area (Å²) in [6, 6.07) is 6.16. The third-order valence-corrected chi connectivity index (χ3v) is 2.80.